The number of fused-ring (bicyclic) bond motifs is 3. The monoisotopic (exact) mass is 415 g/mol. The van der Waals surface area contributed by atoms with Crippen molar-refractivity contribution in [1.29, 1.82) is 0 Å². The van der Waals surface area contributed by atoms with Gasteiger partial charge in [-0.3, -0.25) is 9.69 Å². The number of nitrogens with zero attached hydrogens (tertiary/aromatic N) is 1. The summed E-state index contributed by atoms with van der Waals surface area (Å²) in [5, 5.41) is 7.73. The highest BCUT2D eigenvalue weighted by Crippen LogP contribution is 2.39. The Morgan fingerprint density at radius 3 is 2.60 bits per heavy atom. The lowest BCUT2D eigenvalue weighted by molar-refractivity contribution is 0.0940. The summed E-state index contributed by atoms with van der Waals surface area (Å²) in [5.41, 5.74) is 5.65. The first-order chi connectivity index (χ1) is 14.7. The molecule has 3 aromatic rings. The molecule has 3 heterocycles. The molecule has 0 saturated heterocycles. The molecule has 1 aromatic heterocycles. The van der Waals surface area contributed by atoms with Crippen molar-refractivity contribution >= 4 is 28.3 Å². The molecule has 0 fully saturated rings. The zero-order valence-electron chi connectivity index (χ0n) is 17.0. The van der Waals surface area contributed by atoms with E-state index in [0.29, 0.717) is 0 Å². The van der Waals surface area contributed by atoms with Crippen LogP contribution in [0.15, 0.2) is 66.2 Å². The van der Waals surface area contributed by atoms with E-state index in [0.717, 1.165) is 47.8 Å². The van der Waals surface area contributed by atoms with Crippen molar-refractivity contribution in [2.75, 3.05) is 11.9 Å². The van der Waals surface area contributed by atoms with E-state index in [9.17, 15) is 4.79 Å². The summed E-state index contributed by atoms with van der Waals surface area (Å²) in [7, 11) is 0. The zero-order valence-corrected chi connectivity index (χ0v) is 17.8. The first-order valence-electron chi connectivity index (χ1n) is 10.4. The first kappa shape index (κ1) is 19.1. The van der Waals surface area contributed by atoms with Gasteiger partial charge in [-0.1, -0.05) is 66.7 Å². The second-order valence-electron chi connectivity index (χ2n) is 8.00. The Bertz CT molecular complexity index is 1090. The fourth-order valence-electron chi connectivity index (χ4n) is 4.27. The third kappa shape index (κ3) is 3.78. The van der Waals surface area contributed by atoms with Crippen LogP contribution in [-0.2, 0) is 19.5 Å². The predicted molar refractivity (Wildman–Crippen MR) is 124 cm³/mol. The van der Waals surface area contributed by atoms with E-state index >= 15 is 0 Å². The minimum atomic E-state index is -0.175. The highest BCUT2D eigenvalue weighted by Gasteiger charge is 2.33. The molecule has 0 aliphatic carbocycles. The van der Waals surface area contributed by atoms with Gasteiger partial charge < -0.3 is 10.6 Å². The predicted octanol–water partition coefficient (Wildman–Crippen LogP) is 4.89. The van der Waals surface area contributed by atoms with Crippen LogP contribution >= 0.6 is 11.3 Å². The van der Waals surface area contributed by atoms with E-state index in [-0.39, 0.29) is 12.1 Å². The van der Waals surface area contributed by atoms with Crippen LogP contribution < -0.4 is 10.6 Å². The van der Waals surface area contributed by atoms with Crippen LogP contribution in [0.3, 0.4) is 0 Å². The topological polar surface area (TPSA) is 44.4 Å². The number of rotatable bonds is 4. The van der Waals surface area contributed by atoms with Gasteiger partial charge in [-0.05, 0) is 35.6 Å². The number of nitrogens with one attached hydrogen (secondary N) is 2. The molecule has 0 bridgehead atoms. The number of anilines is 1. The minimum absolute atomic E-state index is 0.0450. The van der Waals surface area contributed by atoms with E-state index in [1.54, 1.807) is 11.3 Å². The van der Waals surface area contributed by atoms with Crippen LogP contribution in [0, 0.1) is 0 Å². The van der Waals surface area contributed by atoms with E-state index < -0.39 is 0 Å². The van der Waals surface area contributed by atoms with Crippen molar-refractivity contribution in [3.63, 3.8) is 0 Å². The summed E-state index contributed by atoms with van der Waals surface area (Å²) >= 11 is 1.74. The van der Waals surface area contributed by atoms with E-state index in [1.807, 2.05) is 18.2 Å². The molecule has 0 radical (unpaired) electrons. The Hall–Kier alpha value is -2.89. The average Bonchev–Trinajstić information content (AvgIpc) is 3.13. The Morgan fingerprint density at radius 1 is 1.10 bits per heavy atom. The number of thiophene rings is 1. The number of carbonyl (C=O) groups excluding carboxylic acids is 1. The van der Waals surface area contributed by atoms with Crippen molar-refractivity contribution in [1.82, 2.24) is 10.2 Å². The molecule has 4 nitrogen and oxygen atoms in total. The van der Waals surface area contributed by atoms with E-state index in [2.05, 4.69) is 71.0 Å². The van der Waals surface area contributed by atoms with Crippen LogP contribution in [0.25, 0.3) is 6.08 Å². The Kier molecular flexibility index (Phi) is 5.15. The van der Waals surface area contributed by atoms with E-state index in [4.69, 9.17) is 0 Å². The van der Waals surface area contributed by atoms with Crippen molar-refractivity contribution in [2.24, 2.45) is 0 Å². The van der Waals surface area contributed by atoms with Gasteiger partial charge in [-0.25, -0.2) is 0 Å². The average molecular weight is 416 g/mol. The van der Waals surface area contributed by atoms with Gasteiger partial charge in [0.05, 0.1) is 5.56 Å². The molecule has 1 atom stereocenters. The quantitative estimate of drug-likeness (QED) is 0.638. The van der Waals surface area contributed by atoms with E-state index in [1.165, 1.54) is 16.0 Å². The molecule has 0 unspecified atom stereocenters. The van der Waals surface area contributed by atoms with Gasteiger partial charge in [-0.2, -0.15) is 0 Å². The molecule has 30 heavy (non-hydrogen) atoms. The highest BCUT2D eigenvalue weighted by molar-refractivity contribution is 7.16. The second-order valence-corrected chi connectivity index (χ2v) is 9.11. The van der Waals surface area contributed by atoms with Crippen LogP contribution in [0.2, 0.25) is 0 Å². The summed E-state index contributed by atoms with van der Waals surface area (Å²) in [6.45, 7) is 4.89. The van der Waals surface area contributed by atoms with Crippen LogP contribution in [-0.4, -0.2) is 23.5 Å². The highest BCUT2D eigenvalue weighted by atomic mass is 32.1. The van der Waals surface area contributed by atoms with Gasteiger partial charge in [0.1, 0.15) is 11.2 Å². The molecule has 0 saturated carbocycles. The van der Waals surface area contributed by atoms with Gasteiger partial charge in [-0.15, -0.1) is 11.3 Å². The summed E-state index contributed by atoms with van der Waals surface area (Å²) in [5.74, 6) is 0.0450. The Labute approximate surface area is 181 Å². The van der Waals surface area contributed by atoms with Gasteiger partial charge in [0.25, 0.3) is 5.91 Å². The lowest BCUT2D eigenvalue weighted by Gasteiger charge is -2.29. The molecule has 5 rings (SSSR count). The van der Waals surface area contributed by atoms with Crippen LogP contribution in [0.5, 0.6) is 0 Å². The zero-order chi connectivity index (χ0) is 20.5. The van der Waals surface area contributed by atoms with Gasteiger partial charge in [0, 0.05) is 24.5 Å². The number of hydrogen-bond acceptors (Lipinski definition) is 4. The first-order valence-corrected chi connectivity index (χ1v) is 11.2. The third-order valence-corrected chi connectivity index (χ3v) is 6.96. The number of hydrogen-bond donors (Lipinski definition) is 2. The number of amides is 1. The lowest BCUT2D eigenvalue weighted by Crippen LogP contribution is -2.45. The Balaban J connectivity index is 1.35. The lowest BCUT2D eigenvalue weighted by atomic mass is 10.00. The smallest absolute Gasteiger partial charge is 0.256 e. The van der Waals surface area contributed by atoms with Gasteiger partial charge >= 0.3 is 0 Å². The van der Waals surface area contributed by atoms with Crippen LogP contribution in [0.4, 0.5) is 5.00 Å². The Morgan fingerprint density at radius 2 is 1.83 bits per heavy atom. The molecular formula is C25H25N3OS. The van der Waals surface area contributed by atoms with Crippen molar-refractivity contribution in [3.8, 4) is 0 Å². The third-order valence-electron chi connectivity index (χ3n) is 5.81. The maximum atomic E-state index is 13.0. The van der Waals surface area contributed by atoms with Crippen molar-refractivity contribution in [2.45, 2.75) is 32.6 Å². The standard InChI is InChI=1S/C25H25N3OS/c1-17(14-18-8-4-2-5-9-18)23-26-24(29)22-20-12-13-28(15-19-10-6-3-7-11-19)16-21(20)30-25(22)27-23/h2-11,14,23,27H,12-13,15-16H2,1H3,(H,26,29)/b17-14-/t23-/m1/s1. The minimum Gasteiger partial charge on any atom is -0.353 e. The molecule has 0 spiro atoms. The molecule has 1 amide bonds. The number of carbonyl (C=O) groups is 1. The summed E-state index contributed by atoms with van der Waals surface area (Å²) in [6.07, 6.45) is 2.87. The fraction of sp³-hybridized carbons (Fsp3) is 0.240. The van der Waals surface area contributed by atoms with Gasteiger partial charge in [0.15, 0.2) is 0 Å². The largest absolute Gasteiger partial charge is 0.353 e. The molecule has 2 aliphatic heterocycles. The van der Waals surface area contributed by atoms with Crippen molar-refractivity contribution < 1.29 is 4.79 Å². The maximum Gasteiger partial charge on any atom is 0.256 e. The summed E-state index contributed by atoms with van der Waals surface area (Å²) in [6, 6.07) is 20.8. The molecule has 2 aliphatic rings. The molecule has 2 N–H and O–H groups in total. The molecule has 152 valence electrons. The molecular weight excluding hydrogens is 390 g/mol. The molecule has 2 aromatic carbocycles. The second kappa shape index (κ2) is 8.09. The fourth-order valence-corrected chi connectivity index (χ4v) is 5.58. The summed E-state index contributed by atoms with van der Waals surface area (Å²) in [4.78, 5) is 16.8. The van der Waals surface area contributed by atoms with Crippen LogP contribution in [0.1, 0.15) is 38.8 Å². The summed E-state index contributed by atoms with van der Waals surface area (Å²) < 4.78 is 0. The normalized spacial score (nSPS) is 18.9. The SMILES string of the molecule is C/C(=C/c1ccccc1)[C@@H]1NC(=O)c2c(sc3c2CCN(Cc2ccccc2)C3)N1. The van der Waals surface area contributed by atoms with Gasteiger partial charge in [0.2, 0.25) is 0 Å². The maximum absolute atomic E-state index is 13.0. The van der Waals surface area contributed by atoms with Crippen molar-refractivity contribution in [3.05, 3.63) is 93.4 Å². The molecule has 5 heteroatoms. The number of benzene rings is 2.